The average Bonchev–Trinajstić information content (AvgIpc) is 3.02. The van der Waals surface area contributed by atoms with E-state index >= 15 is 0 Å². The summed E-state index contributed by atoms with van der Waals surface area (Å²) in [5.74, 6) is -0.572. The standard InChI is InChI=1S/C19H13N3O6/c1-12-11-14(7-10-17(12)22(26)27)18-20-16(19(23)28-18)4-2-3-13-5-8-15(9-6-13)21(24)25/h2-11H,1H3/b3-2+,16-4-. The summed E-state index contributed by atoms with van der Waals surface area (Å²) in [6.45, 7) is 1.59. The van der Waals surface area contributed by atoms with E-state index < -0.39 is 15.8 Å². The summed E-state index contributed by atoms with van der Waals surface area (Å²) in [5.41, 5.74) is 1.63. The second kappa shape index (κ2) is 7.62. The number of allylic oxidation sites excluding steroid dienone is 2. The number of ether oxygens (including phenoxy) is 1. The lowest BCUT2D eigenvalue weighted by molar-refractivity contribution is -0.385. The Kier molecular flexibility index (Phi) is 5.07. The minimum atomic E-state index is -0.639. The fourth-order valence-corrected chi connectivity index (χ4v) is 2.50. The highest BCUT2D eigenvalue weighted by molar-refractivity contribution is 6.11. The molecule has 0 N–H and O–H groups in total. The van der Waals surface area contributed by atoms with Crippen LogP contribution in [0.1, 0.15) is 16.7 Å². The number of cyclic esters (lactones) is 1. The number of hydrogen-bond acceptors (Lipinski definition) is 7. The van der Waals surface area contributed by atoms with Crippen LogP contribution in [-0.4, -0.2) is 21.7 Å². The highest BCUT2D eigenvalue weighted by atomic mass is 16.6. The summed E-state index contributed by atoms with van der Waals surface area (Å²) in [6.07, 6.45) is 4.69. The van der Waals surface area contributed by atoms with Crippen molar-refractivity contribution in [2.75, 3.05) is 0 Å². The fourth-order valence-electron chi connectivity index (χ4n) is 2.50. The van der Waals surface area contributed by atoms with E-state index in [1.54, 1.807) is 31.2 Å². The van der Waals surface area contributed by atoms with E-state index in [-0.39, 0.29) is 23.0 Å². The van der Waals surface area contributed by atoms with Gasteiger partial charge in [0, 0.05) is 29.3 Å². The number of non-ortho nitro benzene ring substituents is 1. The molecule has 9 heteroatoms. The Hall–Kier alpha value is -4.14. The molecule has 0 unspecified atom stereocenters. The normalized spacial score (nSPS) is 15.0. The number of benzene rings is 2. The van der Waals surface area contributed by atoms with E-state index in [9.17, 15) is 25.0 Å². The molecule has 0 aliphatic carbocycles. The smallest absolute Gasteiger partial charge is 0.363 e. The molecule has 1 aliphatic heterocycles. The predicted octanol–water partition coefficient (Wildman–Crippen LogP) is 3.71. The maximum absolute atomic E-state index is 12.0. The van der Waals surface area contributed by atoms with Crippen LogP contribution in [0.25, 0.3) is 6.08 Å². The summed E-state index contributed by atoms with van der Waals surface area (Å²) in [7, 11) is 0. The van der Waals surface area contributed by atoms with Gasteiger partial charge in [-0.15, -0.1) is 0 Å². The molecule has 0 bridgehead atoms. The first-order chi connectivity index (χ1) is 13.3. The van der Waals surface area contributed by atoms with Crippen LogP contribution in [0.5, 0.6) is 0 Å². The Bertz CT molecular complexity index is 1070. The summed E-state index contributed by atoms with van der Waals surface area (Å²) in [5, 5.41) is 21.5. The van der Waals surface area contributed by atoms with Gasteiger partial charge < -0.3 is 4.74 Å². The number of nitro groups is 2. The highest BCUT2D eigenvalue weighted by Gasteiger charge is 2.24. The molecule has 28 heavy (non-hydrogen) atoms. The van der Waals surface area contributed by atoms with Crippen molar-refractivity contribution < 1.29 is 19.4 Å². The van der Waals surface area contributed by atoms with Gasteiger partial charge in [0.1, 0.15) is 0 Å². The third-order valence-corrected chi connectivity index (χ3v) is 3.91. The number of carbonyl (C=O) groups is 1. The van der Waals surface area contributed by atoms with Crippen LogP contribution in [0.3, 0.4) is 0 Å². The molecule has 0 aromatic heterocycles. The molecule has 1 heterocycles. The number of hydrogen-bond donors (Lipinski definition) is 0. The molecule has 0 amide bonds. The first-order valence-electron chi connectivity index (χ1n) is 8.04. The number of rotatable bonds is 5. The molecular weight excluding hydrogens is 366 g/mol. The van der Waals surface area contributed by atoms with Gasteiger partial charge in [0.05, 0.1) is 9.85 Å². The highest BCUT2D eigenvalue weighted by Crippen LogP contribution is 2.22. The lowest BCUT2D eigenvalue weighted by Gasteiger charge is -2.01. The quantitative estimate of drug-likeness (QED) is 0.337. The molecule has 0 spiro atoms. The summed E-state index contributed by atoms with van der Waals surface area (Å²) in [4.78, 5) is 36.6. The van der Waals surface area contributed by atoms with Gasteiger partial charge in [0.15, 0.2) is 5.70 Å². The van der Waals surface area contributed by atoms with E-state index in [4.69, 9.17) is 4.74 Å². The second-order valence-corrected chi connectivity index (χ2v) is 5.82. The Morgan fingerprint density at radius 2 is 1.75 bits per heavy atom. The van der Waals surface area contributed by atoms with E-state index in [1.807, 2.05) is 0 Å². The third-order valence-electron chi connectivity index (χ3n) is 3.91. The minimum Gasteiger partial charge on any atom is -0.402 e. The SMILES string of the molecule is Cc1cc(C2=N/C(=C\C=C\c3ccc([N+](=O)[O-])cc3)C(=O)O2)ccc1[N+](=O)[O-]. The average molecular weight is 379 g/mol. The maximum atomic E-state index is 12.0. The van der Waals surface area contributed by atoms with Crippen LogP contribution in [0.4, 0.5) is 11.4 Å². The van der Waals surface area contributed by atoms with Gasteiger partial charge in [-0.3, -0.25) is 20.2 Å². The van der Waals surface area contributed by atoms with Crippen molar-refractivity contribution in [2.45, 2.75) is 6.92 Å². The van der Waals surface area contributed by atoms with Gasteiger partial charge in [-0.05, 0) is 42.8 Å². The largest absolute Gasteiger partial charge is 0.402 e. The molecule has 2 aromatic rings. The number of carbonyl (C=O) groups excluding carboxylic acids is 1. The van der Waals surface area contributed by atoms with E-state index in [0.717, 1.165) is 0 Å². The summed E-state index contributed by atoms with van der Waals surface area (Å²) in [6, 6.07) is 10.2. The molecule has 0 atom stereocenters. The Balaban J connectivity index is 1.78. The molecule has 1 aliphatic rings. The Labute approximate surface area is 158 Å². The number of aryl methyl sites for hydroxylation is 1. The number of nitrogens with zero attached hydrogens (tertiary/aromatic N) is 3. The lowest BCUT2D eigenvalue weighted by atomic mass is 10.1. The van der Waals surface area contributed by atoms with Crippen molar-refractivity contribution in [3.63, 3.8) is 0 Å². The van der Waals surface area contributed by atoms with Crippen LogP contribution < -0.4 is 0 Å². The van der Waals surface area contributed by atoms with Crippen LogP contribution in [0, 0.1) is 27.2 Å². The van der Waals surface area contributed by atoms with Crippen molar-refractivity contribution in [1.82, 2.24) is 0 Å². The van der Waals surface area contributed by atoms with Crippen molar-refractivity contribution in [3.05, 3.63) is 97.2 Å². The van der Waals surface area contributed by atoms with Crippen molar-refractivity contribution in [3.8, 4) is 0 Å². The van der Waals surface area contributed by atoms with Gasteiger partial charge >= 0.3 is 5.97 Å². The van der Waals surface area contributed by atoms with Crippen LogP contribution in [0.2, 0.25) is 0 Å². The van der Waals surface area contributed by atoms with Gasteiger partial charge in [-0.25, -0.2) is 9.79 Å². The maximum Gasteiger partial charge on any atom is 0.363 e. The third kappa shape index (κ3) is 3.98. The summed E-state index contributed by atoms with van der Waals surface area (Å²) < 4.78 is 5.12. The number of nitro benzene ring substituents is 2. The number of esters is 1. The first kappa shape index (κ1) is 18.6. The van der Waals surface area contributed by atoms with Crippen molar-refractivity contribution in [1.29, 1.82) is 0 Å². The van der Waals surface area contributed by atoms with Crippen LogP contribution in [0.15, 0.2) is 65.3 Å². The predicted molar refractivity (Wildman–Crippen MR) is 101 cm³/mol. The van der Waals surface area contributed by atoms with Gasteiger partial charge in [-0.1, -0.05) is 12.2 Å². The molecule has 0 saturated carbocycles. The molecule has 0 radical (unpaired) electrons. The van der Waals surface area contributed by atoms with E-state index in [1.165, 1.54) is 36.4 Å². The second-order valence-electron chi connectivity index (χ2n) is 5.82. The van der Waals surface area contributed by atoms with Gasteiger partial charge in [-0.2, -0.15) is 0 Å². The van der Waals surface area contributed by atoms with Crippen molar-refractivity contribution >= 4 is 29.3 Å². The summed E-state index contributed by atoms with van der Waals surface area (Å²) >= 11 is 0. The lowest BCUT2D eigenvalue weighted by Crippen LogP contribution is -2.06. The zero-order valence-corrected chi connectivity index (χ0v) is 14.6. The number of aliphatic imine (C=N–C) groups is 1. The van der Waals surface area contributed by atoms with Crippen molar-refractivity contribution in [2.24, 2.45) is 4.99 Å². The molecular formula is C19H13N3O6. The van der Waals surface area contributed by atoms with E-state index in [0.29, 0.717) is 16.7 Å². The molecule has 2 aromatic carbocycles. The van der Waals surface area contributed by atoms with Gasteiger partial charge in [0.25, 0.3) is 11.4 Å². The Morgan fingerprint density at radius 3 is 2.36 bits per heavy atom. The topological polar surface area (TPSA) is 125 Å². The molecule has 0 fully saturated rings. The van der Waals surface area contributed by atoms with E-state index in [2.05, 4.69) is 4.99 Å². The molecule has 3 rings (SSSR count). The zero-order valence-electron chi connectivity index (χ0n) is 14.6. The van der Waals surface area contributed by atoms with Gasteiger partial charge in [0.2, 0.25) is 5.90 Å². The molecule has 140 valence electrons. The van der Waals surface area contributed by atoms with Crippen LogP contribution >= 0.6 is 0 Å². The minimum absolute atomic E-state index is 0.0116. The Morgan fingerprint density at radius 1 is 1.04 bits per heavy atom. The fraction of sp³-hybridized carbons (Fsp3) is 0.0526. The zero-order chi connectivity index (χ0) is 20.3. The first-order valence-corrected chi connectivity index (χ1v) is 8.04. The monoisotopic (exact) mass is 379 g/mol. The van der Waals surface area contributed by atoms with Crippen LogP contribution in [-0.2, 0) is 9.53 Å². The molecule has 9 nitrogen and oxygen atoms in total. The molecule has 0 saturated heterocycles.